The first-order valence-electron chi connectivity index (χ1n) is 12.5. The first-order chi connectivity index (χ1) is 17.4. The Morgan fingerprint density at radius 1 is 1.00 bits per heavy atom. The van der Waals surface area contributed by atoms with E-state index in [1.807, 2.05) is 29.2 Å². The van der Waals surface area contributed by atoms with Gasteiger partial charge in [-0.3, -0.25) is 9.59 Å². The second-order valence-corrected chi connectivity index (χ2v) is 9.44. The molecule has 0 bridgehead atoms. The van der Waals surface area contributed by atoms with Crippen molar-refractivity contribution in [2.45, 2.75) is 38.8 Å². The lowest BCUT2D eigenvalue weighted by molar-refractivity contribution is -0.133. The maximum absolute atomic E-state index is 12.7. The van der Waals surface area contributed by atoms with Gasteiger partial charge in [-0.15, -0.1) is 0 Å². The third kappa shape index (κ3) is 6.32. The summed E-state index contributed by atoms with van der Waals surface area (Å²) < 4.78 is 5.67. The molecule has 1 saturated heterocycles. The van der Waals surface area contributed by atoms with Crippen LogP contribution in [0.5, 0.6) is 5.75 Å². The number of hydrogen-bond acceptors (Lipinski definition) is 4. The number of ether oxygens (including phenoxy) is 1. The highest BCUT2D eigenvalue weighted by Gasteiger charge is 2.32. The molecule has 3 aromatic rings. The van der Waals surface area contributed by atoms with Crippen LogP contribution >= 0.6 is 0 Å². The van der Waals surface area contributed by atoms with Crippen LogP contribution in [0.3, 0.4) is 0 Å². The summed E-state index contributed by atoms with van der Waals surface area (Å²) in [5.74, 6) is 0.767. The highest BCUT2D eigenvalue weighted by atomic mass is 16.5. The van der Waals surface area contributed by atoms with E-state index in [2.05, 4.69) is 66.1 Å². The molecule has 1 heterocycles. The standard InChI is InChI=1S/C30H35N3O3/c1-21-9-11-23(12-10-21)25-13-14-29(36-3)26(17-25)18-32-28-15-16-33(30(35)19-31-22(2)34)20-27(28)24-7-5-4-6-8-24/h4-14,17,27-28,32H,15-16,18-20H2,1-3H3,(H,31,34)/t27-,28-/m0/s1. The summed E-state index contributed by atoms with van der Waals surface area (Å²) in [6.07, 6.45) is 0.825. The molecule has 0 spiro atoms. The van der Waals surface area contributed by atoms with Gasteiger partial charge in [0.2, 0.25) is 11.8 Å². The van der Waals surface area contributed by atoms with Crippen LogP contribution in [0.25, 0.3) is 11.1 Å². The van der Waals surface area contributed by atoms with Crippen molar-refractivity contribution >= 4 is 11.8 Å². The lowest BCUT2D eigenvalue weighted by Crippen LogP contribution is -2.51. The molecule has 3 aromatic carbocycles. The van der Waals surface area contributed by atoms with Crippen LogP contribution in [-0.4, -0.2) is 49.5 Å². The number of likely N-dealkylation sites (tertiary alicyclic amines) is 1. The number of nitrogens with one attached hydrogen (secondary N) is 2. The van der Waals surface area contributed by atoms with Crippen LogP contribution in [0.1, 0.15) is 36.0 Å². The minimum atomic E-state index is -0.193. The molecule has 1 fully saturated rings. The first kappa shape index (κ1) is 25.5. The Kier molecular flexibility index (Phi) is 8.39. The van der Waals surface area contributed by atoms with Crippen molar-refractivity contribution in [3.05, 3.63) is 89.5 Å². The summed E-state index contributed by atoms with van der Waals surface area (Å²) in [4.78, 5) is 25.9. The van der Waals surface area contributed by atoms with E-state index in [1.165, 1.54) is 23.6 Å². The molecule has 0 radical (unpaired) electrons. The third-order valence-electron chi connectivity index (χ3n) is 6.90. The summed E-state index contributed by atoms with van der Waals surface area (Å²) >= 11 is 0. The minimum absolute atomic E-state index is 0.0396. The second-order valence-electron chi connectivity index (χ2n) is 9.44. The fraction of sp³-hybridized carbons (Fsp3) is 0.333. The van der Waals surface area contributed by atoms with Crippen LogP contribution < -0.4 is 15.4 Å². The number of carbonyl (C=O) groups is 2. The van der Waals surface area contributed by atoms with Crippen molar-refractivity contribution in [3.63, 3.8) is 0 Å². The Hall–Kier alpha value is -3.64. The number of hydrogen-bond donors (Lipinski definition) is 2. The second kappa shape index (κ2) is 11.9. The average Bonchev–Trinajstić information content (AvgIpc) is 2.91. The highest BCUT2D eigenvalue weighted by molar-refractivity contribution is 5.83. The van der Waals surface area contributed by atoms with Gasteiger partial charge in [0, 0.05) is 44.1 Å². The van der Waals surface area contributed by atoms with Crippen LogP contribution in [0.15, 0.2) is 72.8 Å². The van der Waals surface area contributed by atoms with Crippen molar-refractivity contribution in [1.82, 2.24) is 15.5 Å². The van der Waals surface area contributed by atoms with E-state index in [1.54, 1.807) is 7.11 Å². The third-order valence-corrected chi connectivity index (χ3v) is 6.90. The van der Waals surface area contributed by atoms with Gasteiger partial charge in [-0.25, -0.2) is 0 Å². The van der Waals surface area contributed by atoms with Gasteiger partial charge in [0.15, 0.2) is 0 Å². The Labute approximate surface area is 213 Å². The number of amides is 2. The van der Waals surface area contributed by atoms with Gasteiger partial charge in [-0.2, -0.15) is 0 Å². The van der Waals surface area contributed by atoms with E-state index >= 15 is 0 Å². The van der Waals surface area contributed by atoms with Crippen LogP contribution in [0, 0.1) is 6.92 Å². The van der Waals surface area contributed by atoms with E-state index in [-0.39, 0.29) is 30.3 Å². The van der Waals surface area contributed by atoms with Gasteiger partial charge in [-0.05, 0) is 42.2 Å². The number of rotatable bonds is 8. The van der Waals surface area contributed by atoms with Gasteiger partial charge >= 0.3 is 0 Å². The molecule has 0 aliphatic carbocycles. The Morgan fingerprint density at radius 3 is 2.42 bits per heavy atom. The zero-order valence-electron chi connectivity index (χ0n) is 21.3. The molecular weight excluding hydrogens is 450 g/mol. The maximum Gasteiger partial charge on any atom is 0.241 e. The highest BCUT2D eigenvalue weighted by Crippen LogP contribution is 2.30. The van der Waals surface area contributed by atoms with Gasteiger partial charge in [0.05, 0.1) is 13.7 Å². The van der Waals surface area contributed by atoms with E-state index in [0.29, 0.717) is 19.6 Å². The van der Waals surface area contributed by atoms with E-state index in [4.69, 9.17) is 4.74 Å². The Bertz CT molecular complexity index is 1180. The van der Waals surface area contributed by atoms with Crippen molar-refractivity contribution in [2.75, 3.05) is 26.7 Å². The predicted octanol–water partition coefficient (Wildman–Crippen LogP) is 4.28. The topological polar surface area (TPSA) is 70.7 Å². The molecule has 0 aromatic heterocycles. The molecule has 2 atom stereocenters. The summed E-state index contributed by atoms with van der Waals surface area (Å²) in [7, 11) is 1.70. The van der Waals surface area contributed by atoms with Gasteiger partial charge in [0.1, 0.15) is 5.75 Å². The summed E-state index contributed by atoms with van der Waals surface area (Å²) in [5, 5.41) is 6.40. The normalized spacial score (nSPS) is 17.5. The molecule has 1 aliphatic rings. The summed E-state index contributed by atoms with van der Waals surface area (Å²) in [6.45, 7) is 5.49. The van der Waals surface area contributed by atoms with Gasteiger partial charge in [0.25, 0.3) is 0 Å². The Morgan fingerprint density at radius 2 is 1.72 bits per heavy atom. The van der Waals surface area contributed by atoms with E-state index in [9.17, 15) is 9.59 Å². The zero-order valence-corrected chi connectivity index (χ0v) is 21.3. The zero-order chi connectivity index (χ0) is 25.5. The van der Waals surface area contributed by atoms with Gasteiger partial charge < -0.3 is 20.3 Å². The molecule has 2 N–H and O–H groups in total. The van der Waals surface area contributed by atoms with Crippen molar-refractivity contribution < 1.29 is 14.3 Å². The van der Waals surface area contributed by atoms with E-state index in [0.717, 1.165) is 23.3 Å². The molecule has 36 heavy (non-hydrogen) atoms. The van der Waals surface area contributed by atoms with Crippen LogP contribution in [0.4, 0.5) is 0 Å². The summed E-state index contributed by atoms with van der Waals surface area (Å²) in [6, 6.07) is 25.4. The SMILES string of the molecule is COc1ccc(-c2ccc(C)cc2)cc1CN[C@H]1CCN(C(=O)CNC(C)=O)C[C@H]1c1ccccc1. The van der Waals surface area contributed by atoms with Crippen LogP contribution in [0.2, 0.25) is 0 Å². The Balaban J connectivity index is 1.51. The van der Waals surface area contributed by atoms with Crippen LogP contribution in [-0.2, 0) is 16.1 Å². The van der Waals surface area contributed by atoms with E-state index < -0.39 is 0 Å². The predicted molar refractivity (Wildman–Crippen MR) is 143 cm³/mol. The fourth-order valence-electron chi connectivity index (χ4n) is 4.86. The number of carbonyl (C=O) groups excluding carboxylic acids is 2. The molecule has 6 heteroatoms. The molecule has 4 rings (SSSR count). The lowest BCUT2D eigenvalue weighted by atomic mass is 9.85. The fourth-order valence-corrected chi connectivity index (χ4v) is 4.86. The molecule has 6 nitrogen and oxygen atoms in total. The molecule has 0 unspecified atom stereocenters. The average molecular weight is 486 g/mol. The van der Waals surface area contributed by atoms with Crippen molar-refractivity contribution in [1.29, 1.82) is 0 Å². The first-order valence-corrected chi connectivity index (χ1v) is 12.5. The minimum Gasteiger partial charge on any atom is -0.496 e. The molecule has 0 saturated carbocycles. The molecule has 188 valence electrons. The number of aryl methyl sites for hydroxylation is 1. The largest absolute Gasteiger partial charge is 0.496 e. The monoisotopic (exact) mass is 485 g/mol. The van der Waals surface area contributed by atoms with Crippen molar-refractivity contribution in [2.24, 2.45) is 0 Å². The van der Waals surface area contributed by atoms with Gasteiger partial charge in [-0.1, -0.05) is 66.2 Å². The summed E-state index contributed by atoms with van der Waals surface area (Å²) in [5.41, 5.74) is 5.88. The molecule has 1 aliphatic heterocycles. The van der Waals surface area contributed by atoms with Crippen molar-refractivity contribution in [3.8, 4) is 16.9 Å². The maximum atomic E-state index is 12.7. The quantitative estimate of drug-likeness (QED) is 0.500. The molecule has 2 amide bonds. The number of nitrogens with zero attached hydrogens (tertiary/aromatic N) is 1. The number of piperidine rings is 1. The molecular formula is C30H35N3O3. The smallest absolute Gasteiger partial charge is 0.241 e. The number of benzene rings is 3. The number of methoxy groups -OCH3 is 1. The lowest BCUT2D eigenvalue weighted by Gasteiger charge is -2.39.